The third kappa shape index (κ3) is 8.59. The van der Waals surface area contributed by atoms with Gasteiger partial charge in [-0.25, -0.2) is 9.18 Å². The second-order valence-corrected chi connectivity index (χ2v) is 11.6. The van der Waals surface area contributed by atoms with E-state index in [0.717, 1.165) is 6.07 Å². The predicted molar refractivity (Wildman–Crippen MR) is 140 cm³/mol. The molecule has 202 valence electrons. The number of hydrogen-bond acceptors (Lipinski definition) is 5. The highest BCUT2D eigenvalue weighted by atomic mass is 19.1. The van der Waals surface area contributed by atoms with Crippen LogP contribution in [-0.4, -0.2) is 65.9 Å². The van der Waals surface area contributed by atoms with E-state index in [0.29, 0.717) is 45.0 Å². The van der Waals surface area contributed by atoms with Gasteiger partial charge in [-0.15, -0.1) is 0 Å². The van der Waals surface area contributed by atoms with Crippen LogP contribution >= 0.6 is 0 Å². The molecule has 0 bridgehead atoms. The lowest BCUT2D eigenvalue weighted by atomic mass is 9.97. The first-order valence-corrected chi connectivity index (χ1v) is 12.5. The van der Waals surface area contributed by atoms with E-state index in [-0.39, 0.29) is 39.8 Å². The van der Waals surface area contributed by atoms with Gasteiger partial charge in [-0.3, -0.25) is 14.5 Å². The number of amides is 4. The molecule has 0 radical (unpaired) electrons. The first-order chi connectivity index (χ1) is 17.2. The molecule has 0 saturated carbocycles. The molecule has 1 aliphatic heterocycles. The maximum atomic E-state index is 14.6. The summed E-state index contributed by atoms with van der Waals surface area (Å²) in [6, 6.07) is 7.03. The van der Waals surface area contributed by atoms with Crippen LogP contribution in [0.4, 0.5) is 14.9 Å². The van der Waals surface area contributed by atoms with Crippen molar-refractivity contribution in [2.75, 3.05) is 38.0 Å². The topological polar surface area (TPSA) is 107 Å². The summed E-state index contributed by atoms with van der Waals surface area (Å²) in [5.41, 5.74) is -0.207. The number of piperazine rings is 1. The zero-order valence-electron chi connectivity index (χ0n) is 22.5. The van der Waals surface area contributed by atoms with Crippen LogP contribution in [0.5, 0.6) is 0 Å². The van der Waals surface area contributed by atoms with Crippen molar-refractivity contribution in [3.8, 4) is 0 Å². The minimum Gasteiger partial charge on any atom is -0.455 e. The quantitative estimate of drug-likeness (QED) is 0.538. The molecule has 1 aromatic heterocycles. The fourth-order valence-electron chi connectivity index (χ4n) is 3.76. The smallest absolute Gasteiger partial charge is 0.319 e. The Labute approximate surface area is 217 Å². The van der Waals surface area contributed by atoms with Crippen LogP contribution in [0.15, 0.2) is 34.7 Å². The predicted octanol–water partition coefficient (Wildman–Crippen LogP) is 4.07. The number of anilines is 1. The van der Waals surface area contributed by atoms with E-state index in [1.54, 1.807) is 17.0 Å². The van der Waals surface area contributed by atoms with Gasteiger partial charge in [0.1, 0.15) is 11.6 Å². The van der Waals surface area contributed by atoms with E-state index in [2.05, 4.69) is 20.9 Å². The number of hydrogen-bond donors (Lipinski definition) is 3. The van der Waals surface area contributed by atoms with Crippen molar-refractivity contribution < 1.29 is 23.2 Å². The summed E-state index contributed by atoms with van der Waals surface area (Å²) in [5, 5.41) is 8.06. The van der Waals surface area contributed by atoms with Crippen molar-refractivity contribution in [2.24, 2.45) is 5.41 Å². The van der Waals surface area contributed by atoms with Crippen molar-refractivity contribution in [1.82, 2.24) is 20.4 Å². The molecule has 4 amide bonds. The molecule has 0 atom stereocenters. The molecule has 2 heterocycles. The molecule has 3 N–H and O–H groups in total. The van der Waals surface area contributed by atoms with Gasteiger partial charge in [-0.05, 0) is 56.5 Å². The number of urea groups is 1. The molecule has 10 heteroatoms. The van der Waals surface area contributed by atoms with E-state index in [9.17, 15) is 18.8 Å². The zero-order chi connectivity index (χ0) is 27.4. The summed E-state index contributed by atoms with van der Waals surface area (Å²) in [6.07, 6.45) is 0. The molecule has 37 heavy (non-hydrogen) atoms. The van der Waals surface area contributed by atoms with E-state index >= 15 is 0 Å². The van der Waals surface area contributed by atoms with Crippen molar-refractivity contribution in [2.45, 2.75) is 53.6 Å². The normalized spacial score (nSPS) is 14.8. The number of nitrogens with zero attached hydrogens (tertiary/aromatic N) is 2. The molecule has 0 spiro atoms. The Kier molecular flexibility index (Phi) is 8.63. The summed E-state index contributed by atoms with van der Waals surface area (Å²) in [4.78, 5) is 41.1. The van der Waals surface area contributed by atoms with Crippen LogP contribution in [0.3, 0.4) is 0 Å². The van der Waals surface area contributed by atoms with E-state index in [4.69, 9.17) is 4.42 Å². The lowest BCUT2D eigenvalue weighted by Crippen LogP contribution is -2.48. The number of halogens is 1. The Hall–Kier alpha value is -3.40. The van der Waals surface area contributed by atoms with Crippen LogP contribution in [0.25, 0.3) is 0 Å². The van der Waals surface area contributed by atoms with Gasteiger partial charge in [0, 0.05) is 43.8 Å². The fraction of sp³-hybridized carbons (Fsp3) is 0.519. The van der Waals surface area contributed by atoms with Gasteiger partial charge in [0.15, 0.2) is 5.76 Å². The third-order valence-corrected chi connectivity index (χ3v) is 5.66. The summed E-state index contributed by atoms with van der Waals surface area (Å²) < 4.78 is 20.3. The largest absolute Gasteiger partial charge is 0.455 e. The number of nitrogens with one attached hydrogen (secondary N) is 3. The maximum Gasteiger partial charge on any atom is 0.319 e. The maximum absolute atomic E-state index is 14.6. The molecule has 1 aromatic carbocycles. The molecule has 0 aliphatic carbocycles. The van der Waals surface area contributed by atoms with Crippen molar-refractivity contribution >= 4 is 23.5 Å². The van der Waals surface area contributed by atoms with Gasteiger partial charge < -0.3 is 25.3 Å². The average Bonchev–Trinajstić information content (AvgIpc) is 3.26. The Morgan fingerprint density at radius 2 is 1.65 bits per heavy atom. The van der Waals surface area contributed by atoms with Crippen LogP contribution < -0.4 is 16.0 Å². The molecule has 9 nitrogen and oxygen atoms in total. The first-order valence-electron chi connectivity index (χ1n) is 12.5. The zero-order valence-corrected chi connectivity index (χ0v) is 22.5. The van der Waals surface area contributed by atoms with E-state index in [1.165, 1.54) is 12.1 Å². The molecule has 1 fully saturated rings. The lowest BCUT2D eigenvalue weighted by Gasteiger charge is -2.34. The van der Waals surface area contributed by atoms with E-state index in [1.807, 2.05) is 41.5 Å². The number of furan rings is 1. The molecule has 3 rings (SSSR count). The Morgan fingerprint density at radius 1 is 0.973 bits per heavy atom. The van der Waals surface area contributed by atoms with Gasteiger partial charge in [0.25, 0.3) is 11.8 Å². The van der Waals surface area contributed by atoms with Gasteiger partial charge >= 0.3 is 6.03 Å². The van der Waals surface area contributed by atoms with Gasteiger partial charge in [0.05, 0.1) is 12.2 Å². The Bertz CT molecular complexity index is 1120. The molecule has 1 aliphatic rings. The van der Waals surface area contributed by atoms with Gasteiger partial charge in [0.2, 0.25) is 0 Å². The SMILES string of the molecule is CC(C)(C)CNC(=O)Nc1ccc(C(=O)N2CCN(Cc3ccc(C(=O)NC(C)(C)C)o3)CC2)cc1F. The highest BCUT2D eigenvalue weighted by Gasteiger charge is 2.24. The molecule has 2 aromatic rings. The molecule has 0 unspecified atom stereocenters. The monoisotopic (exact) mass is 515 g/mol. The lowest BCUT2D eigenvalue weighted by molar-refractivity contribution is 0.0617. The van der Waals surface area contributed by atoms with E-state index < -0.39 is 11.8 Å². The number of carbonyl (C=O) groups excluding carboxylic acids is 3. The summed E-state index contributed by atoms with van der Waals surface area (Å²) in [5.74, 6) is -0.241. The standard InChI is InChI=1S/C27H38FN5O4/c1-26(2,3)17-29-25(36)30-21-9-7-18(15-20(21)28)24(35)33-13-11-32(12-14-33)16-19-8-10-22(37-19)23(34)31-27(4,5)6/h7-10,15H,11-14,16-17H2,1-6H3,(H,31,34)(H2,29,30,36). The minimum absolute atomic E-state index is 0.0155. The van der Waals surface area contributed by atoms with Crippen LogP contribution in [0.2, 0.25) is 0 Å². The highest BCUT2D eigenvalue weighted by molar-refractivity contribution is 5.96. The van der Waals surface area contributed by atoms with Gasteiger partial charge in [-0.2, -0.15) is 0 Å². The molecule has 1 saturated heterocycles. The Balaban J connectivity index is 1.50. The van der Waals surface area contributed by atoms with Crippen LogP contribution in [0.1, 0.15) is 68.2 Å². The number of benzene rings is 1. The minimum atomic E-state index is -0.667. The first kappa shape index (κ1) is 28.2. The van der Waals surface area contributed by atoms with Crippen LogP contribution in [0, 0.1) is 11.2 Å². The second-order valence-electron chi connectivity index (χ2n) is 11.6. The third-order valence-electron chi connectivity index (χ3n) is 5.66. The summed E-state index contributed by atoms with van der Waals surface area (Å²) in [6.45, 7) is 14.8. The van der Waals surface area contributed by atoms with Gasteiger partial charge in [-0.1, -0.05) is 20.8 Å². The Morgan fingerprint density at radius 3 is 2.24 bits per heavy atom. The fourth-order valence-corrected chi connectivity index (χ4v) is 3.76. The number of rotatable bonds is 6. The summed E-state index contributed by atoms with van der Waals surface area (Å²) in [7, 11) is 0. The molecular formula is C27H38FN5O4. The van der Waals surface area contributed by atoms with Crippen molar-refractivity contribution in [3.05, 3.63) is 53.2 Å². The summed E-state index contributed by atoms with van der Waals surface area (Å²) >= 11 is 0. The average molecular weight is 516 g/mol. The highest BCUT2D eigenvalue weighted by Crippen LogP contribution is 2.19. The second kappa shape index (κ2) is 11.3. The number of carbonyl (C=O) groups is 3. The van der Waals surface area contributed by atoms with Crippen molar-refractivity contribution in [1.29, 1.82) is 0 Å². The van der Waals surface area contributed by atoms with Crippen molar-refractivity contribution in [3.63, 3.8) is 0 Å². The van der Waals surface area contributed by atoms with Crippen LogP contribution in [-0.2, 0) is 6.54 Å². The molecular weight excluding hydrogens is 477 g/mol.